The molecule has 8 heteroatoms. The van der Waals surface area contributed by atoms with Crippen LogP contribution < -0.4 is 14.8 Å². The number of carbonyl (C=O) groups is 1. The Morgan fingerprint density at radius 2 is 1.85 bits per heavy atom. The van der Waals surface area contributed by atoms with Gasteiger partial charge >= 0.3 is 0 Å². The van der Waals surface area contributed by atoms with Gasteiger partial charge in [0.25, 0.3) is 0 Å². The highest BCUT2D eigenvalue weighted by molar-refractivity contribution is 7.91. The summed E-state index contributed by atoms with van der Waals surface area (Å²) in [4.78, 5) is 16.8. The maximum absolute atomic E-state index is 13.4. The first kappa shape index (κ1) is 24.0. The number of sulfone groups is 1. The summed E-state index contributed by atoms with van der Waals surface area (Å²) in [7, 11) is -0.683. The van der Waals surface area contributed by atoms with Gasteiger partial charge in [0.15, 0.2) is 9.84 Å². The molecule has 172 valence electrons. The van der Waals surface area contributed by atoms with Crippen molar-refractivity contribution in [3.05, 3.63) is 89.8 Å². The van der Waals surface area contributed by atoms with Crippen molar-refractivity contribution < 1.29 is 22.7 Å². The largest absolute Gasteiger partial charge is 0.497 e. The molecule has 0 aliphatic carbocycles. The Hall–Kier alpha value is -3.65. The van der Waals surface area contributed by atoms with E-state index in [4.69, 9.17) is 9.47 Å². The molecule has 0 fully saturated rings. The fourth-order valence-electron chi connectivity index (χ4n) is 3.25. The van der Waals surface area contributed by atoms with Crippen LogP contribution in [-0.4, -0.2) is 40.1 Å². The van der Waals surface area contributed by atoms with Crippen molar-refractivity contribution in [3.63, 3.8) is 0 Å². The molecule has 1 aromatic heterocycles. The second kappa shape index (κ2) is 10.8. The number of pyridine rings is 1. The molecule has 0 aliphatic rings. The predicted molar refractivity (Wildman–Crippen MR) is 127 cm³/mol. The maximum atomic E-state index is 13.4. The smallest absolute Gasteiger partial charge is 0.244 e. The molecule has 3 rings (SSSR count). The number of aryl methyl sites for hydroxylation is 1. The Bertz CT molecular complexity index is 1220. The maximum Gasteiger partial charge on any atom is 0.244 e. The minimum Gasteiger partial charge on any atom is -0.497 e. The number of hydrogen-bond acceptors (Lipinski definition) is 6. The van der Waals surface area contributed by atoms with Gasteiger partial charge < -0.3 is 14.8 Å². The van der Waals surface area contributed by atoms with E-state index in [0.29, 0.717) is 22.6 Å². The molecular formula is C25H26N2O5S. The quantitative estimate of drug-likeness (QED) is 0.483. The van der Waals surface area contributed by atoms with Crippen molar-refractivity contribution >= 4 is 21.8 Å². The topological polar surface area (TPSA) is 94.6 Å². The van der Waals surface area contributed by atoms with Gasteiger partial charge in [-0.15, -0.1) is 0 Å². The second-order valence-corrected chi connectivity index (χ2v) is 9.45. The van der Waals surface area contributed by atoms with Crippen LogP contribution in [0.15, 0.2) is 78.0 Å². The molecule has 1 heterocycles. The summed E-state index contributed by atoms with van der Waals surface area (Å²) in [6, 6.07) is 15.2. The number of rotatable bonds is 9. The van der Waals surface area contributed by atoms with Gasteiger partial charge in [0, 0.05) is 30.6 Å². The van der Waals surface area contributed by atoms with Gasteiger partial charge in [0.2, 0.25) is 5.91 Å². The Balaban J connectivity index is 1.81. The first-order chi connectivity index (χ1) is 15.8. The first-order valence-electron chi connectivity index (χ1n) is 10.2. The summed E-state index contributed by atoms with van der Waals surface area (Å²) in [5.41, 5.74) is 2.11. The van der Waals surface area contributed by atoms with E-state index in [9.17, 15) is 13.2 Å². The highest BCUT2D eigenvalue weighted by Crippen LogP contribution is 2.28. The Morgan fingerprint density at radius 3 is 2.48 bits per heavy atom. The summed E-state index contributed by atoms with van der Waals surface area (Å²) in [6.07, 6.45) is 5.99. The number of nitrogens with zero attached hydrogens (tertiary/aromatic N) is 1. The van der Waals surface area contributed by atoms with Crippen LogP contribution in [0, 0.1) is 6.92 Å². The van der Waals surface area contributed by atoms with Crippen LogP contribution in [-0.2, 0) is 14.6 Å². The lowest BCUT2D eigenvalue weighted by molar-refractivity contribution is -0.116. The van der Waals surface area contributed by atoms with E-state index in [1.807, 2.05) is 6.92 Å². The van der Waals surface area contributed by atoms with Gasteiger partial charge in [-0.05, 0) is 55.0 Å². The SMILES string of the molecule is COc1ccc(OC)c(/C=C/C(=O)NCC(c2cccnc2)S(=O)(=O)c2ccc(C)cc2)c1. The van der Waals surface area contributed by atoms with Gasteiger partial charge in [-0.1, -0.05) is 23.8 Å². The van der Waals surface area contributed by atoms with E-state index in [0.717, 1.165) is 5.56 Å². The molecule has 0 spiro atoms. The lowest BCUT2D eigenvalue weighted by Gasteiger charge is -2.18. The monoisotopic (exact) mass is 466 g/mol. The van der Waals surface area contributed by atoms with Crippen molar-refractivity contribution in [3.8, 4) is 11.5 Å². The van der Waals surface area contributed by atoms with Gasteiger partial charge in [0.05, 0.1) is 19.1 Å². The minimum absolute atomic E-state index is 0.111. The number of aromatic nitrogens is 1. The first-order valence-corrected chi connectivity index (χ1v) is 11.8. The standard InChI is InChI=1S/C25H26N2O5S/c1-18-6-10-22(11-7-18)33(29,30)24(20-5-4-14-26-16-20)17-27-25(28)13-8-19-15-21(31-2)9-12-23(19)32-3/h4-16,24H,17H2,1-3H3,(H,27,28)/b13-8+. The van der Waals surface area contributed by atoms with E-state index in [2.05, 4.69) is 10.3 Å². The van der Waals surface area contributed by atoms with Crippen molar-refractivity contribution in [2.75, 3.05) is 20.8 Å². The number of carbonyl (C=O) groups excluding carboxylic acids is 1. The molecule has 0 radical (unpaired) electrons. The van der Waals surface area contributed by atoms with Crippen LogP contribution >= 0.6 is 0 Å². The predicted octanol–water partition coefficient (Wildman–Crippen LogP) is 3.75. The summed E-state index contributed by atoms with van der Waals surface area (Å²) >= 11 is 0. The minimum atomic E-state index is -3.77. The third kappa shape index (κ3) is 5.98. The molecule has 1 N–H and O–H groups in total. The van der Waals surface area contributed by atoms with Crippen LogP contribution in [0.1, 0.15) is 21.9 Å². The van der Waals surface area contributed by atoms with Crippen molar-refractivity contribution in [2.24, 2.45) is 0 Å². The summed E-state index contributed by atoms with van der Waals surface area (Å²) < 4.78 is 37.2. The lowest BCUT2D eigenvalue weighted by atomic mass is 10.1. The average molecular weight is 467 g/mol. The molecule has 1 amide bonds. The molecule has 0 bridgehead atoms. The third-order valence-electron chi connectivity index (χ3n) is 5.09. The Kier molecular flexibility index (Phi) is 7.84. The van der Waals surface area contributed by atoms with Gasteiger partial charge in [0.1, 0.15) is 16.7 Å². The molecule has 0 saturated heterocycles. The summed E-state index contributed by atoms with van der Waals surface area (Å²) in [5, 5.41) is 1.71. The molecular weight excluding hydrogens is 440 g/mol. The van der Waals surface area contributed by atoms with E-state index < -0.39 is 21.0 Å². The van der Waals surface area contributed by atoms with Gasteiger partial charge in [-0.25, -0.2) is 8.42 Å². The second-order valence-electron chi connectivity index (χ2n) is 7.32. The number of benzene rings is 2. The molecule has 0 aliphatic heterocycles. The average Bonchev–Trinajstić information content (AvgIpc) is 2.83. The van der Waals surface area contributed by atoms with E-state index in [-0.39, 0.29) is 11.4 Å². The number of ether oxygens (including phenoxy) is 2. The van der Waals surface area contributed by atoms with E-state index in [1.165, 1.54) is 19.4 Å². The number of amides is 1. The van der Waals surface area contributed by atoms with Crippen LogP contribution in [0.25, 0.3) is 6.08 Å². The zero-order valence-electron chi connectivity index (χ0n) is 18.7. The number of nitrogens with one attached hydrogen (secondary N) is 1. The fourth-order valence-corrected chi connectivity index (χ4v) is 4.90. The molecule has 1 atom stereocenters. The zero-order chi connectivity index (χ0) is 23.8. The summed E-state index contributed by atoms with van der Waals surface area (Å²) in [5.74, 6) is 0.764. The Morgan fingerprint density at radius 1 is 1.09 bits per heavy atom. The van der Waals surface area contributed by atoms with Crippen molar-refractivity contribution in [1.29, 1.82) is 0 Å². The highest BCUT2D eigenvalue weighted by atomic mass is 32.2. The number of methoxy groups -OCH3 is 2. The molecule has 1 unspecified atom stereocenters. The lowest BCUT2D eigenvalue weighted by Crippen LogP contribution is -2.31. The molecule has 33 heavy (non-hydrogen) atoms. The van der Waals surface area contributed by atoms with E-state index in [1.54, 1.807) is 74.0 Å². The van der Waals surface area contributed by atoms with E-state index >= 15 is 0 Å². The van der Waals surface area contributed by atoms with Crippen LogP contribution in [0.4, 0.5) is 0 Å². The molecule has 2 aromatic carbocycles. The van der Waals surface area contributed by atoms with Gasteiger partial charge in [-0.2, -0.15) is 0 Å². The number of hydrogen-bond donors (Lipinski definition) is 1. The van der Waals surface area contributed by atoms with Crippen molar-refractivity contribution in [2.45, 2.75) is 17.1 Å². The molecule has 0 saturated carbocycles. The Labute approximate surface area is 194 Å². The third-order valence-corrected chi connectivity index (χ3v) is 7.21. The normalized spacial score (nSPS) is 12.3. The van der Waals surface area contributed by atoms with Crippen LogP contribution in [0.2, 0.25) is 0 Å². The fraction of sp³-hybridized carbons (Fsp3) is 0.200. The molecule has 7 nitrogen and oxygen atoms in total. The summed E-state index contributed by atoms with van der Waals surface area (Å²) in [6.45, 7) is 1.78. The van der Waals surface area contributed by atoms with Crippen LogP contribution in [0.3, 0.4) is 0 Å². The highest BCUT2D eigenvalue weighted by Gasteiger charge is 2.29. The molecule has 3 aromatic rings. The van der Waals surface area contributed by atoms with Crippen LogP contribution in [0.5, 0.6) is 11.5 Å². The van der Waals surface area contributed by atoms with Gasteiger partial charge in [-0.3, -0.25) is 9.78 Å². The van der Waals surface area contributed by atoms with Crippen molar-refractivity contribution in [1.82, 2.24) is 10.3 Å². The zero-order valence-corrected chi connectivity index (χ0v) is 19.5.